The van der Waals surface area contributed by atoms with Gasteiger partial charge in [-0.1, -0.05) is 0 Å². The van der Waals surface area contributed by atoms with Gasteiger partial charge in [-0.3, -0.25) is 0 Å². The Labute approximate surface area is 287 Å². The zero-order valence-electron chi connectivity index (χ0n) is 26.5. The van der Waals surface area contributed by atoms with Crippen LogP contribution in [0.4, 0.5) is 0 Å². The van der Waals surface area contributed by atoms with Gasteiger partial charge < -0.3 is 0 Å². The first-order chi connectivity index (χ1) is 23.6. The van der Waals surface area contributed by atoms with Crippen LogP contribution in [-0.2, 0) is 4.43 Å². The molecule has 0 amide bonds. The number of hydrogen-bond donors (Lipinski definition) is 0. The van der Waals surface area contributed by atoms with E-state index in [1.54, 1.807) is 0 Å². The van der Waals surface area contributed by atoms with E-state index in [0.717, 1.165) is 32.4 Å². The van der Waals surface area contributed by atoms with Crippen LogP contribution < -0.4 is 0 Å². The Morgan fingerprint density at radius 1 is 0.562 bits per heavy atom. The molecular weight excluding hydrogens is 695 g/mol. The van der Waals surface area contributed by atoms with Gasteiger partial charge >= 0.3 is 289 Å². The molecule has 0 N–H and O–H groups in total. The Balaban J connectivity index is 1.27. The molecule has 7 aromatic carbocycles. The quantitative estimate of drug-likeness (QED) is 0.131. The van der Waals surface area contributed by atoms with Gasteiger partial charge in [-0.2, -0.15) is 0 Å². The molecule has 2 nitrogen and oxygen atoms in total. The number of aryl methyl sites for hydroxylation is 1. The van der Waals surface area contributed by atoms with E-state index in [0.29, 0.717) is 0 Å². The SMILES string of the molecule is Cc1ccc2c(c1)c1ccccc1n2-c1cc(-c2ccccc2)cc(-c2cc(C#N)cc(I3Cc4ccccc4-c4ccccc43)c2)c1. The maximum atomic E-state index is 10.3. The predicted octanol–water partition coefficient (Wildman–Crippen LogP) is 12.0. The number of benzene rings is 7. The van der Waals surface area contributed by atoms with E-state index < -0.39 is 19.8 Å². The normalized spacial score (nSPS) is 12.9. The van der Waals surface area contributed by atoms with E-state index in [-0.39, 0.29) is 0 Å². The Bertz CT molecular complexity index is 2570. The standard InChI is InChI=1S/C45H31IN2/c1-30-19-20-45-42(21-30)41-16-8-10-18-44(41)48(45)38-26-35(32-11-3-2-4-12-32)24-36(27-38)34-22-31(29-47)23-37(25-34)46-28-33-13-5-6-14-39(33)40-15-7-9-17-43(40)46/h2-27H,28H2,1H3. The third-order valence-electron chi connectivity index (χ3n) is 9.44. The number of hydrogen-bond acceptors (Lipinski definition) is 1. The van der Waals surface area contributed by atoms with Gasteiger partial charge in [0, 0.05) is 0 Å². The molecule has 1 aliphatic rings. The molecule has 0 fully saturated rings. The summed E-state index contributed by atoms with van der Waals surface area (Å²) in [6.07, 6.45) is 0. The van der Waals surface area contributed by atoms with Gasteiger partial charge in [-0.05, 0) is 0 Å². The Morgan fingerprint density at radius 2 is 1.25 bits per heavy atom. The summed E-state index contributed by atoms with van der Waals surface area (Å²) in [7, 11) is 0. The minimum atomic E-state index is -1.91. The molecule has 0 saturated heterocycles. The zero-order chi connectivity index (χ0) is 32.2. The average Bonchev–Trinajstić information content (AvgIpc) is 3.48. The van der Waals surface area contributed by atoms with Gasteiger partial charge in [-0.15, -0.1) is 0 Å². The van der Waals surface area contributed by atoms with E-state index in [2.05, 4.69) is 175 Å². The summed E-state index contributed by atoms with van der Waals surface area (Å²) in [5.74, 6) is 0. The second-order valence-electron chi connectivity index (χ2n) is 12.5. The molecule has 48 heavy (non-hydrogen) atoms. The van der Waals surface area contributed by atoms with Crippen molar-refractivity contribution in [1.82, 2.24) is 4.57 Å². The molecule has 0 unspecified atom stereocenters. The van der Waals surface area contributed by atoms with Crippen LogP contribution in [0.15, 0.2) is 158 Å². The van der Waals surface area contributed by atoms with Crippen molar-refractivity contribution in [2.75, 3.05) is 0 Å². The van der Waals surface area contributed by atoms with Crippen molar-refractivity contribution in [3.63, 3.8) is 0 Å². The summed E-state index contributed by atoms with van der Waals surface area (Å²) in [4.78, 5) is 0. The second-order valence-corrected chi connectivity index (χ2v) is 17.7. The van der Waals surface area contributed by atoms with Crippen molar-refractivity contribution in [2.45, 2.75) is 11.4 Å². The van der Waals surface area contributed by atoms with Crippen molar-refractivity contribution in [1.29, 1.82) is 5.26 Å². The van der Waals surface area contributed by atoms with Crippen LogP contribution in [0.3, 0.4) is 0 Å². The topological polar surface area (TPSA) is 28.7 Å². The Morgan fingerprint density at radius 3 is 2.10 bits per heavy atom. The predicted molar refractivity (Wildman–Crippen MR) is 208 cm³/mol. The van der Waals surface area contributed by atoms with Gasteiger partial charge in [0.1, 0.15) is 0 Å². The summed E-state index contributed by atoms with van der Waals surface area (Å²) in [5.41, 5.74) is 14.1. The summed E-state index contributed by atoms with van der Waals surface area (Å²) in [5, 5.41) is 12.9. The van der Waals surface area contributed by atoms with E-state index in [1.807, 2.05) is 0 Å². The maximum absolute atomic E-state index is 10.3. The number of halogens is 1. The van der Waals surface area contributed by atoms with Crippen molar-refractivity contribution < 1.29 is 0 Å². The molecule has 8 aromatic rings. The van der Waals surface area contributed by atoms with Crippen molar-refractivity contribution >= 4 is 41.6 Å². The Hall–Kier alpha value is -5.44. The van der Waals surface area contributed by atoms with Crippen LogP contribution in [0.1, 0.15) is 16.7 Å². The summed E-state index contributed by atoms with van der Waals surface area (Å²) >= 11 is -1.91. The molecular formula is C45H31IN2. The first-order valence-electron chi connectivity index (χ1n) is 16.2. The number of rotatable bonds is 4. The van der Waals surface area contributed by atoms with Crippen LogP contribution in [-0.4, -0.2) is 4.57 Å². The number of nitrogens with zero attached hydrogens (tertiary/aromatic N) is 2. The molecule has 9 rings (SSSR count). The monoisotopic (exact) mass is 726 g/mol. The first kappa shape index (κ1) is 28.8. The second kappa shape index (κ2) is 11.7. The molecule has 0 saturated carbocycles. The molecule has 0 radical (unpaired) electrons. The van der Waals surface area contributed by atoms with Crippen molar-refractivity contribution in [3.8, 4) is 45.1 Å². The summed E-state index contributed by atoms with van der Waals surface area (Å²) in [6.45, 7) is 2.16. The first-order valence-corrected chi connectivity index (χ1v) is 19.9. The van der Waals surface area contributed by atoms with Gasteiger partial charge in [0.2, 0.25) is 0 Å². The zero-order valence-corrected chi connectivity index (χ0v) is 28.6. The Kier molecular flexibility index (Phi) is 6.99. The van der Waals surface area contributed by atoms with E-state index in [1.165, 1.54) is 56.8 Å². The number of aromatic nitrogens is 1. The van der Waals surface area contributed by atoms with Crippen LogP contribution >= 0.6 is 19.8 Å². The number of alkyl halides is 1. The van der Waals surface area contributed by atoms with E-state index in [4.69, 9.17) is 0 Å². The van der Waals surface area contributed by atoms with Gasteiger partial charge in [-0.25, -0.2) is 0 Å². The number of para-hydroxylation sites is 1. The molecule has 0 spiro atoms. The molecule has 1 aliphatic heterocycles. The van der Waals surface area contributed by atoms with Gasteiger partial charge in [0.25, 0.3) is 0 Å². The molecule has 0 aliphatic carbocycles. The summed E-state index contributed by atoms with van der Waals surface area (Å²) in [6, 6.07) is 59.9. The molecule has 3 heteroatoms. The van der Waals surface area contributed by atoms with Gasteiger partial charge in [0.05, 0.1) is 0 Å². The minimum absolute atomic E-state index is 0.718. The van der Waals surface area contributed by atoms with E-state index in [9.17, 15) is 5.26 Å². The van der Waals surface area contributed by atoms with Crippen molar-refractivity contribution in [2.24, 2.45) is 0 Å². The van der Waals surface area contributed by atoms with Crippen LogP contribution in [0.5, 0.6) is 0 Å². The van der Waals surface area contributed by atoms with Crippen molar-refractivity contribution in [3.05, 3.63) is 182 Å². The third-order valence-corrected chi connectivity index (χ3v) is 15.5. The van der Waals surface area contributed by atoms with E-state index >= 15 is 0 Å². The average molecular weight is 727 g/mol. The molecule has 0 bridgehead atoms. The van der Waals surface area contributed by atoms with Crippen LogP contribution in [0.25, 0.3) is 60.9 Å². The molecule has 1 aromatic heterocycles. The molecule has 2 heterocycles. The fourth-order valence-electron chi connectivity index (χ4n) is 7.21. The number of fused-ring (bicyclic) bond motifs is 6. The van der Waals surface area contributed by atoms with Gasteiger partial charge in [0.15, 0.2) is 0 Å². The van der Waals surface area contributed by atoms with Crippen LogP contribution in [0.2, 0.25) is 0 Å². The fraction of sp³-hybridized carbons (Fsp3) is 0.0444. The fourth-order valence-corrected chi connectivity index (χ4v) is 13.5. The summed E-state index contributed by atoms with van der Waals surface area (Å²) < 4.78 is 6.26. The van der Waals surface area contributed by atoms with Crippen LogP contribution in [0, 0.1) is 25.4 Å². The molecule has 228 valence electrons. The molecule has 0 atom stereocenters. The third kappa shape index (κ3) is 4.84. The number of nitriles is 1.